The average Bonchev–Trinajstić information content (AvgIpc) is 3.02. The average molecular weight is 240 g/mol. The predicted molar refractivity (Wildman–Crippen MR) is 69.8 cm³/mol. The summed E-state index contributed by atoms with van der Waals surface area (Å²) < 4.78 is 2.22. The molecule has 0 unspecified atom stereocenters. The Morgan fingerprint density at radius 2 is 2.17 bits per heavy atom. The van der Waals surface area contributed by atoms with Crippen molar-refractivity contribution in [3.8, 4) is 6.07 Å². The third kappa shape index (κ3) is 1.79. The molecular formula is C15H16N2O. The van der Waals surface area contributed by atoms with Crippen LogP contribution in [0.2, 0.25) is 0 Å². The highest BCUT2D eigenvalue weighted by Gasteiger charge is 2.42. The molecule has 0 bridgehead atoms. The molecule has 3 nitrogen and oxygen atoms in total. The van der Waals surface area contributed by atoms with Gasteiger partial charge in [0.15, 0.2) is 0 Å². The number of aliphatic hydroxyl groups excluding tert-OH is 1. The van der Waals surface area contributed by atoms with Crippen LogP contribution in [-0.2, 0) is 13.2 Å². The van der Waals surface area contributed by atoms with Crippen molar-refractivity contribution in [2.24, 2.45) is 5.41 Å². The lowest BCUT2D eigenvalue weighted by Gasteiger charge is -2.13. The van der Waals surface area contributed by atoms with Crippen LogP contribution < -0.4 is 0 Å². The molecule has 0 saturated heterocycles. The van der Waals surface area contributed by atoms with E-state index >= 15 is 0 Å². The number of hydrogen-bond acceptors (Lipinski definition) is 2. The number of aromatic nitrogens is 1. The molecule has 0 radical (unpaired) electrons. The molecule has 92 valence electrons. The highest BCUT2D eigenvalue weighted by Crippen LogP contribution is 2.50. The van der Waals surface area contributed by atoms with Crippen molar-refractivity contribution in [2.75, 3.05) is 0 Å². The van der Waals surface area contributed by atoms with Crippen LogP contribution in [0.3, 0.4) is 0 Å². The molecule has 1 aromatic carbocycles. The minimum absolute atomic E-state index is 0.0741. The Bertz CT molecular complexity index is 617. The van der Waals surface area contributed by atoms with Crippen LogP contribution in [-0.4, -0.2) is 9.67 Å². The zero-order valence-electron chi connectivity index (χ0n) is 10.3. The molecule has 2 aromatic rings. The first kappa shape index (κ1) is 11.3. The molecule has 1 aliphatic rings. The van der Waals surface area contributed by atoms with Gasteiger partial charge in [-0.15, -0.1) is 0 Å². The summed E-state index contributed by atoms with van der Waals surface area (Å²) in [7, 11) is 0. The van der Waals surface area contributed by atoms with Crippen LogP contribution in [0.4, 0.5) is 0 Å². The minimum Gasteiger partial charge on any atom is -0.392 e. The van der Waals surface area contributed by atoms with Gasteiger partial charge in [-0.25, -0.2) is 0 Å². The van der Waals surface area contributed by atoms with Gasteiger partial charge in [0.1, 0.15) is 0 Å². The number of benzene rings is 1. The number of nitriles is 1. The summed E-state index contributed by atoms with van der Waals surface area (Å²) >= 11 is 0. The quantitative estimate of drug-likeness (QED) is 0.893. The lowest BCUT2D eigenvalue weighted by atomic mass is 10.0. The van der Waals surface area contributed by atoms with Crippen LogP contribution in [0.1, 0.15) is 24.8 Å². The van der Waals surface area contributed by atoms with Gasteiger partial charge in [0.05, 0.1) is 12.7 Å². The number of hydrogen-bond donors (Lipinski definition) is 1. The van der Waals surface area contributed by atoms with Crippen LogP contribution in [0.15, 0.2) is 30.5 Å². The van der Waals surface area contributed by atoms with Crippen molar-refractivity contribution in [3.63, 3.8) is 0 Å². The Labute approximate surface area is 106 Å². The Hall–Kier alpha value is -1.79. The van der Waals surface area contributed by atoms with Crippen molar-refractivity contribution in [1.82, 2.24) is 4.57 Å². The normalized spacial score (nSPS) is 16.7. The van der Waals surface area contributed by atoms with Gasteiger partial charge >= 0.3 is 0 Å². The molecule has 1 aliphatic carbocycles. The zero-order valence-corrected chi connectivity index (χ0v) is 10.3. The van der Waals surface area contributed by atoms with E-state index in [2.05, 4.69) is 29.0 Å². The maximum absolute atomic E-state index is 9.32. The molecule has 18 heavy (non-hydrogen) atoms. The SMILES string of the molecule is N#CCC1(Cn2ccc3c(CO)cccc32)CC1. The fraction of sp³-hybridized carbons (Fsp3) is 0.400. The molecule has 0 atom stereocenters. The number of rotatable bonds is 4. The van der Waals surface area contributed by atoms with Gasteiger partial charge in [-0.1, -0.05) is 12.1 Å². The van der Waals surface area contributed by atoms with E-state index in [4.69, 9.17) is 5.26 Å². The first-order valence-electron chi connectivity index (χ1n) is 6.33. The molecule has 0 aliphatic heterocycles. The Kier molecular flexibility index (Phi) is 2.61. The van der Waals surface area contributed by atoms with E-state index in [-0.39, 0.29) is 12.0 Å². The van der Waals surface area contributed by atoms with Crippen molar-refractivity contribution in [2.45, 2.75) is 32.4 Å². The summed E-state index contributed by atoms with van der Waals surface area (Å²) in [5.74, 6) is 0. The summed E-state index contributed by atoms with van der Waals surface area (Å²) in [6, 6.07) is 10.4. The largest absolute Gasteiger partial charge is 0.392 e. The van der Waals surface area contributed by atoms with Gasteiger partial charge in [0, 0.05) is 35.5 Å². The van der Waals surface area contributed by atoms with Crippen molar-refractivity contribution < 1.29 is 5.11 Å². The highest BCUT2D eigenvalue weighted by atomic mass is 16.3. The van der Waals surface area contributed by atoms with E-state index in [1.807, 2.05) is 12.1 Å². The van der Waals surface area contributed by atoms with E-state index < -0.39 is 0 Å². The molecule has 0 amide bonds. The van der Waals surface area contributed by atoms with Crippen LogP contribution in [0.25, 0.3) is 10.9 Å². The van der Waals surface area contributed by atoms with Crippen LogP contribution in [0, 0.1) is 16.7 Å². The lowest BCUT2D eigenvalue weighted by molar-refractivity contribution is 0.283. The summed E-state index contributed by atoms with van der Waals surface area (Å²) in [6.45, 7) is 0.990. The highest BCUT2D eigenvalue weighted by molar-refractivity contribution is 5.83. The maximum Gasteiger partial charge on any atom is 0.0688 e. The van der Waals surface area contributed by atoms with Crippen LogP contribution >= 0.6 is 0 Å². The van der Waals surface area contributed by atoms with E-state index in [9.17, 15) is 5.11 Å². The van der Waals surface area contributed by atoms with Gasteiger partial charge in [-0.3, -0.25) is 0 Å². The summed E-state index contributed by atoms with van der Waals surface area (Å²) in [5.41, 5.74) is 2.33. The van der Waals surface area contributed by atoms with E-state index in [1.54, 1.807) is 0 Å². The number of aliphatic hydroxyl groups is 1. The zero-order chi connectivity index (χ0) is 12.6. The van der Waals surface area contributed by atoms with Crippen molar-refractivity contribution in [1.29, 1.82) is 5.26 Å². The number of fused-ring (bicyclic) bond motifs is 1. The first-order valence-corrected chi connectivity index (χ1v) is 6.33. The standard InChI is InChI=1S/C15H16N2O/c16-8-7-15(5-6-15)11-17-9-4-13-12(10-18)2-1-3-14(13)17/h1-4,9,18H,5-7,10-11H2. The smallest absolute Gasteiger partial charge is 0.0688 e. The summed E-state index contributed by atoms with van der Waals surface area (Å²) in [6.07, 6.45) is 5.02. The van der Waals surface area contributed by atoms with Crippen LogP contribution in [0.5, 0.6) is 0 Å². The first-order chi connectivity index (χ1) is 8.78. The molecule has 1 aromatic heterocycles. The topological polar surface area (TPSA) is 49.0 Å². The van der Waals surface area contributed by atoms with Crippen molar-refractivity contribution >= 4 is 10.9 Å². The Morgan fingerprint density at radius 3 is 2.83 bits per heavy atom. The third-order valence-electron chi connectivity index (χ3n) is 3.99. The lowest BCUT2D eigenvalue weighted by Crippen LogP contribution is -2.10. The minimum atomic E-state index is 0.0741. The van der Waals surface area contributed by atoms with Gasteiger partial charge in [0.2, 0.25) is 0 Å². The molecular weight excluding hydrogens is 224 g/mol. The predicted octanol–water partition coefficient (Wildman–Crippen LogP) is 2.83. The van der Waals surface area contributed by atoms with E-state index in [1.165, 1.54) is 0 Å². The molecule has 1 N–H and O–H groups in total. The molecule has 3 heteroatoms. The third-order valence-corrected chi connectivity index (χ3v) is 3.99. The van der Waals surface area contributed by atoms with Crippen molar-refractivity contribution in [3.05, 3.63) is 36.0 Å². The second kappa shape index (κ2) is 4.15. The fourth-order valence-electron chi connectivity index (χ4n) is 2.66. The molecule has 1 saturated carbocycles. The fourth-order valence-corrected chi connectivity index (χ4v) is 2.66. The van der Waals surface area contributed by atoms with Gasteiger partial charge < -0.3 is 9.67 Å². The van der Waals surface area contributed by atoms with Gasteiger partial charge in [0.25, 0.3) is 0 Å². The van der Waals surface area contributed by atoms with Gasteiger partial charge in [-0.2, -0.15) is 5.26 Å². The Morgan fingerprint density at radius 1 is 1.33 bits per heavy atom. The molecule has 1 heterocycles. The molecule has 3 rings (SSSR count). The molecule has 1 fully saturated rings. The second-order valence-electron chi connectivity index (χ2n) is 5.29. The molecule has 0 spiro atoms. The maximum atomic E-state index is 9.32. The number of nitrogens with zero attached hydrogens (tertiary/aromatic N) is 2. The van der Waals surface area contributed by atoms with E-state index in [0.29, 0.717) is 6.42 Å². The Balaban J connectivity index is 1.97. The monoisotopic (exact) mass is 240 g/mol. The van der Waals surface area contributed by atoms with Gasteiger partial charge in [-0.05, 0) is 30.5 Å². The van der Waals surface area contributed by atoms with E-state index in [0.717, 1.165) is 35.9 Å². The summed E-state index contributed by atoms with van der Waals surface area (Å²) in [5, 5.41) is 19.3. The second-order valence-corrected chi connectivity index (χ2v) is 5.29. The summed E-state index contributed by atoms with van der Waals surface area (Å²) in [4.78, 5) is 0.